The van der Waals surface area contributed by atoms with Gasteiger partial charge in [0.25, 0.3) is 5.91 Å². The molecule has 0 radical (unpaired) electrons. The molecule has 7 heteroatoms. The van der Waals surface area contributed by atoms with E-state index in [9.17, 15) is 4.79 Å². The van der Waals surface area contributed by atoms with E-state index in [-0.39, 0.29) is 30.9 Å². The number of hydrogen-bond acceptors (Lipinski definition) is 5. The van der Waals surface area contributed by atoms with Gasteiger partial charge >= 0.3 is 0 Å². The number of carbonyl (C=O) groups excluding carboxylic acids is 1. The molecule has 1 rings (SSSR count). The molecule has 7 nitrogen and oxygen atoms in total. The predicted octanol–water partition coefficient (Wildman–Crippen LogP) is -0.333. The highest BCUT2D eigenvalue weighted by Crippen LogP contribution is 2.07. The van der Waals surface area contributed by atoms with Gasteiger partial charge in [-0.25, -0.2) is 4.98 Å². The first-order valence-corrected chi connectivity index (χ1v) is 5.54. The number of aromatic amines is 1. The molecule has 0 saturated carbocycles. The monoisotopic (exact) mass is 242 g/mol. The van der Waals surface area contributed by atoms with Crippen LogP contribution in [0.15, 0.2) is 0 Å². The van der Waals surface area contributed by atoms with Crippen molar-refractivity contribution < 1.29 is 14.6 Å². The number of nitrogens with zero attached hydrogens (tertiary/aromatic N) is 2. The van der Waals surface area contributed by atoms with Crippen LogP contribution >= 0.6 is 0 Å². The van der Waals surface area contributed by atoms with Crippen molar-refractivity contribution in [3.8, 4) is 0 Å². The van der Waals surface area contributed by atoms with Gasteiger partial charge in [-0.15, -0.1) is 5.10 Å². The lowest BCUT2D eigenvalue weighted by Gasteiger charge is -2.02. The van der Waals surface area contributed by atoms with Crippen molar-refractivity contribution in [2.75, 3.05) is 26.4 Å². The highest BCUT2D eigenvalue weighted by molar-refractivity contribution is 5.90. The second-order valence-electron chi connectivity index (χ2n) is 3.79. The van der Waals surface area contributed by atoms with Crippen LogP contribution in [0.5, 0.6) is 0 Å². The number of aromatic nitrogens is 3. The van der Waals surface area contributed by atoms with Crippen LogP contribution in [0.2, 0.25) is 0 Å². The third-order valence-electron chi connectivity index (χ3n) is 2.02. The van der Waals surface area contributed by atoms with Gasteiger partial charge in [-0.2, -0.15) is 0 Å². The van der Waals surface area contributed by atoms with E-state index in [2.05, 4.69) is 20.5 Å². The van der Waals surface area contributed by atoms with Gasteiger partial charge in [0.05, 0.1) is 19.8 Å². The summed E-state index contributed by atoms with van der Waals surface area (Å²) in [6.07, 6.45) is 0. The standard InChI is InChI=1S/C10H18N4O3/c1-7(2)8-12-9(14-13-8)10(16)11-3-5-17-6-4-15/h7,15H,3-6H2,1-2H3,(H,11,16)(H,12,13,14). The second kappa shape index (κ2) is 6.97. The van der Waals surface area contributed by atoms with E-state index in [1.165, 1.54) is 0 Å². The van der Waals surface area contributed by atoms with Crippen molar-refractivity contribution >= 4 is 5.91 Å². The van der Waals surface area contributed by atoms with Crippen LogP contribution < -0.4 is 5.32 Å². The molecule has 0 unspecified atom stereocenters. The van der Waals surface area contributed by atoms with Crippen molar-refractivity contribution in [1.29, 1.82) is 0 Å². The van der Waals surface area contributed by atoms with Crippen molar-refractivity contribution in [2.45, 2.75) is 19.8 Å². The molecule has 0 aliphatic rings. The number of amides is 1. The number of carbonyl (C=O) groups is 1. The minimum absolute atomic E-state index is 0.0212. The van der Waals surface area contributed by atoms with E-state index in [1.807, 2.05) is 13.8 Å². The summed E-state index contributed by atoms with van der Waals surface area (Å²) in [7, 11) is 0. The molecule has 17 heavy (non-hydrogen) atoms. The van der Waals surface area contributed by atoms with E-state index < -0.39 is 0 Å². The zero-order valence-electron chi connectivity index (χ0n) is 10.1. The maximum absolute atomic E-state index is 11.6. The molecule has 1 aromatic heterocycles. The molecule has 96 valence electrons. The Labute approximate surface area is 99.6 Å². The number of ether oxygens (including phenoxy) is 1. The number of H-pyrrole nitrogens is 1. The summed E-state index contributed by atoms with van der Waals surface area (Å²) in [5.41, 5.74) is 0. The van der Waals surface area contributed by atoms with Gasteiger partial charge in [-0.3, -0.25) is 9.89 Å². The van der Waals surface area contributed by atoms with Crippen LogP contribution in [-0.4, -0.2) is 52.6 Å². The molecular formula is C10H18N4O3. The van der Waals surface area contributed by atoms with Gasteiger partial charge in [0.1, 0.15) is 5.82 Å². The fraction of sp³-hybridized carbons (Fsp3) is 0.700. The second-order valence-corrected chi connectivity index (χ2v) is 3.79. The molecule has 0 aromatic carbocycles. The van der Waals surface area contributed by atoms with Crippen molar-refractivity contribution in [3.05, 3.63) is 11.6 Å². The van der Waals surface area contributed by atoms with Crippen molar-refractivity contribution in [1.82, 2.24) is 20.5 Å². The number of hydrogen-bond donors (Lipinski definition) is 3. The SMILES string of the molecule is CC(C)c1nc(C(=O)NCCOCCO)n[nH]1. The molecule has 1 heterocycles. The molecule has 0 saturated heterocycles. The molecule has 1 amide bonds. The van der Waals surface area contributed by atoms with Gasteiger partial charge in [-0.05, 0) is 0 Å². The molecule has 0 aliphatic carbocycles. The Balaban J connectivity index is 2.31. The molecule has 0 aliphatic heterocycles. The van der Waals surface area contributed by atoms with E-state index in [0.717, 1.165) is 0 Å². The smallest absolute Gasteiger partial charge is 0.291 e. The molecule has 0 atom stereocenters. The van der Waals surface area contributed by atoms with E-state index in [4.69, 9.17) is 9.84 Å². The van der Waals surface area contributed by atoms with Gasteiger partial charge in [-0.1, -0.05) is 13.8 Å². The predicted molar refractivity (Wildman–Crippen MR) is 60.7 cm³/mol. The Morgan fingerprint density at radius 3 is 2.88 bits per heavy atom. The number of aliphatic hydroxyl groups excluding tert-OH is 1. The lowest BCUT2D eigenvalue weighted by molar-refractivity contribution is 0.0832. The summed E-state index contributed by atoms with van der Waals surface area (Å²) in [5, 5.41) is 17.6. The first-order chi connectivity index (χ1) is 8.15. The fourth-order valence-electron chi connectivity index (χ4n) is 1.12. The first kappa shape index (κ1) is 13.6. The summed E-state index contributed by atoms with van der Waals surface area (Å²) in [6, 6.07) is 0. The molecule has 0 bridgehead atoms. The Bertz CT molecular complexity index is 351. The van der Waals surface area contributed by atoms with Gasteiger partial charge in [0.15, 0.2) is 0 Å². The van der Waals surface area contributed by atoms with Crippen LogP contribution in [0, 0.1) is 0 Å². The summed E-state index contributed by atoms with van der Waals surface area (Å²) < 4.78 is 5.00. The Morgan fingerprint density at radius 1 is 1.53 bits per heavy atom. The van der Waals surface area contributed by atoms with E-state index in [0.29, 0.717) is 19.0 Å². The van der Waals surface area contributed by atoms with Crippen LogP contribution in [0.4, 0.5) is 0 Å². The quantitative estimate of drug-likeness (QED) is 0.568. The highest BCUT2D eigenvalue weighted by atomic mass is 16.5. The Kier molecular flexibility index (Phi) is 5.58. The van der Waals surface area contributed by atoms with Crippen LogP contribution in [0.1, 0.15) is 36.2 Å². The first-order valence-electron chi connectivity index (χ1n) is 5.54. The average molecular weight is 242 g/mol. The largest absolute Gasteiger partial charge is 0.394 e. The maximum atomic E-state index is 11.6. The number of nitrogens with one attached hydrogen (secondary N) is 2. The zero-order chi connectivity index (χ0) is 12.7. The highest BCUT2D eigenvalue weighted by Gasteiger charge is 2.13. The fourth-order valence-corrected chi connectivity index (χ4v) is 1.12. The Hall–Kier alpha value is -1.47. The van der Waals surface area contributed by atoms with E-state index >= 15 is 0 Å². The summed E-state index contributed by atoms with van der Waals surface area (Å²) in [4.78, 5) is 15.6. The van der Waals surface area contributed by atoms with Crippen LogP contribution in [0.25, 0.3) is 0 Å². The lowest BCUT2D eigenvalue weighted by Crippen LogP contribution is -2.28. The lowest BCUT2D eigenvalue weighted by atomic mass is 10.2. The zero-order valence-corrected chi connectivity index (χ0v) is 10.1. The van der Waals surface area contributed by atoms with Crippen molar-refractivity contribution in [3.63, 3.8) is 0 Å². The third-order valence-corrected chi connectivity index (χ3v) is 2.02. The average Bonchev–Trinajstić information content (AvgIpc) is 2.78. The number of rotatable bonds is 7. The Morgan fingerprint density at radius 2 is 2.29 bits per heavy atom. The maximum Gasteiger partial charge on any atom is 0.291 e. The third kappa shape index (κ3) is 4.49. The minimum atomic E-state index is -0.333. The molecular weight excluding hydrogens is 224 g/mol. The molecule has 1 aromatic rings. The molecule has 0 fully saturated rings. The summed E-state index contributed by atoms with van der Waals surface area (Å²) in [5.74, 6) is 0.695. The minimum Gasteiger partial charge on any atom is -0.394 e. The molecule has 3 N–H and O–H groups in total. The molecule has 0 spiro atoms. The van der Waals surface area contributed by atoms with Gasteiger partial charge in [0, 0.05) is 12.5 Å². The normalized spacial score (nSPS) is 10.8. The van der Waals surface area contributed by atoms with E-state index in [1.54, 1.807) is 0 Å². The summed E-state index contributed by atoms with van der Waals surface area (Å²) >= 11 is 0. The summed E-state index contributed by atoms with van der Waals surface area (Å²) in [6.45, 7) is 4.90. The van der Waals surface area contributed by atoms with Crippen molar-refractivity contribution in [2.24, 2.45) is 0 Å². The van der Waals surface area contributed by atoms with Gasteiger partial charge < -0.3 is 15.2 Å². The topological polar surface area (TPSA) is 100 Å². The number of aliphatic hydroxyl groups is 1. The van der Waals surface area contributed by atoms with Crippen LogP contribution in [-0.2, 0) is 4.74 Å². The van der Waals surface area contributed by atoms with Gasteiger partial charge in [0.2, 0.25) is 5.82 Å². The van der Waals surface area contributed by atoms with Crippen LogP contribution in [0.3, 0.4) is 0 Å².